The molecule has 1 heterocycles. The number of hydrogen-bond acceptors (Lipinski definition) is 5. The largest absolute Gasteiger partial charge is 0.365 e. The Morgan fingerprint density at radius 3 is 2.73 bits per heavy atom. The molecule has 0 amide bonds. The van der Waals surface area contributed by atoms with E-state index in [1.54, 1.807) is 0 Å². The van der Waals surface area contributed by atoms with E-state index in [4.69, 9.17) is 5.73 Å². The number of nitrogen functional groups attached to an aromatic ring is 1. The third-order valence-corrected chi connectivity index (χ3v) is 1.22. The van der Waals surface area contributed by atoms with Crippen molar-refractivity contribution in [1.29, 1.82) is 0 Å². The zero-order valence-electron chi connectivity index (χ0n) is 6.73. The Kier molecular flexibility index (Phi) is 2.37. The van der Waals surface area contributed by atoms with Crippen LogP contribution in [0.15, 0.2) is 0 Å². The van der Waals surface area contributed by atoms with Gasteiger partial charge in [-0.3, -0.25) is 0 Å². The van der Waals surface area contributed by atoms with Gasteiger partial charge in [-0.25, -0.2) is 0 Å². The average Bonchev–Trinajstić information content (AvgIpc) is 2.31. The summed E-state index contributed by atoms with van der Waals surface area (Å²) in [5.74, 6) is 0.226. The fourth-order valence-corrected chi connectivity index (χ4v) is 0.640. The van der Waals surface area contributed by atoms with E-state index in [9.17, 15) is 0 Å². The van der Waals surface area contributed by atoms with Crippen LogP contribution in [0.2, 0.25) is 0 Å². The maximum absolute atomic E-state index is 5.27. The number of aromatic nitrogens is 4. The molecule has 62 valence electrons. The van der Waals surface area contributed by atoms with Crippen LogP contribution >= 0.6 is 0 Å². The number of rotatable bonds is 3. The molecule has 6 heteroatoms. The Balaban J connectivity index is 2.39. The number of nitrogens with zero attached hydrogens (tertiary/aromatic N) is 5. The standard InChI is InChI=1S/C5H12N6/c1-10(2)3-4-11-8-5(6)7-9-11/h3-4H2,1-2H3,(H2,6,8). The van der Waals surface area contributed by atoms with Crippen molar-refractivity contribution in [2.75, 3.05) is 26.4 Å². The molecule has 1 aromatic heterocycles. The van der Waals surface area contributed by atoms with Gasteiger partial charge in [0, 0.05) is 6.54 Å². The highest BCUT2D eigenvalue weighted by Crippen LogP contribution is 1.85. The van der Waals surface area contributed by atoms with Gasteiger partial charge >= 0.3 is 0 Å². The number of hydrogen-bond donors (Lipinski definition) is 1. The topological polar surface area (TPSA) is 72.9 Å². The molecule has 0 unspecified atom stereocenters. The van der Waals surface area contributed by atoms with Crippen LogP contribution in [0.5, 0.6) is 0 Å². The Bertz CT molecular complexity index is 217. The molecule has 11 heavy (non-hydrogen) atoms. The van der Waals surface area contributed by atoms with Crippen LogP contribution in [0.25, 0.3) is 0 Å². The molecule has 0 saturated heterocycles. The van der Waals surface area contributed by atoms with Gasteiger partial charge in [0.05, 0.1) is 6.54 Å². The number of anilines is 1. The zero-order valence-corrected chi connectivity index (χ0v) is 6.73. The summed E-state index contributed by atoms with van der Waals surface area (Å²) in [6.45, 7) is 1.60. The Labute approximate surface area is 65.0 Å². The van der Waals surface area contributed by atoms with Crippen LogP contribution < -0.4 is 5.73 Å². The van der Waals surface area contributed by atoms with E-state index in [2.05, 4.69) is 15.4 Å². The molecule has 2 N–H and O–H groups in total. The van der Waals surface area contributed by atoms with E-state index in [1.165, 1.54) is 4.80 Å². The lowest BCUT2D eigenvalue weighted by atomic mass is 10.6. The normalized spacial score (nSPS) is 10.8. The Morgan fingerprint density at radius 1 is 1.55 bits per heavy atom. The summed E-state index contributed by atoms with van der Waals surface area (Å²) in [7, 11) is 3.97. The summed E-state index contributed by atoms with van der Waals surface area (Å²) in [5, 5.41) is 11.1. The van der Waals surface area contributed by atoms with Gasteiger partial charge in [0.2, 0.25) is 0 Å². The lowest BCUT2D eigenvalue weighted by Crippen LogP contribution is -2.19. The molecule has 0 saturated carbocycles. The molecule has 1 rings (SSSR count). The van der Waals surface area contributed by atoms with Crippen molar-refractivity contribution < 1.29 is 0 Å². The quantitative estimate of drug-likeness (QED) is 0.596. The van der Waals surface area contributed by atoms with Gasteiger partial charge in [-0.1, -0.05) is 5.10 Å². The predicted octanol–water partition coefficient (Wildman–Crippen LogP) is -1.18. The van der Waals surface area contributed by atoms with E-state index in [-0.39, 0.29) is 5.95 Å². The van der Waals surface area contributed by atoms with Crippen LogP contribution in [0.3, 0.4) is 0 Å². The fraction of sp³-hybridized carbons (Fsp3) is 0.800. The SMILES string of the molecule is CN(C)CCn1nnc(N)n1. The second-order valence-electron chi connectivity index (χ2n) is 2.55. The van der Waals surface area contributed by atoms with Gasteiger partial charge in [0.25, 0.3) is 5.95 Å². The molecule has 0 aliphatic carbocycles. The summed E-state index contributed by atoms with van der Waals surface area (Å²) in [6.07, 6.45) is 0. The van der Waals surface area contributed by atoms with E-state index < -0.39 is 0 Å². The molecule has 0 atom stereocenters. The summed E-state index contributed by atoms with van der Waals surface area (Å²) < 4.78 is 0. The van der Waals surface area contributed by atoms with Crippen molar-refractivity contribution in [3.05, 3.63) is 0 Å². The van der Waals surface area contributed by atoms with Crippen molar-refractivity contribution in [2.24, 2.45) is 0 Å². The van der Waals surface area contributed by atoms with E-state index in [0.29, 0.717) is 0 Å². The molecule has 6 nitrogen and oxygen atoms in total. The second kappa shape index (κ2) is 3.29. The van der Waals surface area contributed by atoms with Gasteiger partial charge in [-0.15, -0.1) is 5.10 Å². The predicted molar refractivity (Wildman–Crippen MR) is 40.8 cm³/mol. The van der Waals surface area contributed by atoms with Crippen LogP contribution in [-0.2, 0) is 6.54 Å². The molecule has 0 spiro atoms. The maximum Gasteiger partial charge on any atom is 0.260 e. The average molecular weight is 156 g/mol. The lowest BCUT2D eigenvalue weighted by Gasteiger charge is -2.06. The van der Waals surface area contributed by atoms with Crippen LogP contribution in [-0.4, -0.2) is 45.7 Å². The van der Waals surface area contributed by atoms with Crippen LogP contribution in [0, 0.1) is 0 Å². The minimum absolute atomic E-state index is 0.226. The second-order valence-corrected chi connectivity index (χ2v) is 2.55. The van der Waals surface area contributed by atoms with Crippen LogP contribution in [0.4, 0.5) is 5.95 Å². The highest BCUT2D eigenvalue weighted by Gasteiger charge is 1.97. The minimum atomic E-state index is 0.226. The van der Waals surface area contributed by atoms with Crippen molar-refractivity contribution in [2.45, 2.75) is 6.54 Å². The van der Waals surface area contributed by atoms with Gasteiger partial charge in [-0.2, -0.15) is 4.80 Å². The zero-order chi connectivity index (χ0) is 8.27. The Morgan fingerprint density at radius 2 is 2.27 bits per heavy atom. The van der Waals surface area contributed by atoms with E-state index in [1.807, 2.05) is 19.0 Å². The Hall–Kier alpha value is -1.17. The smallest absolute Gasteiger partial charge is 0.260 e. The van der Waals surface area contributed by atoms with Crippen molar-refractivity contribution in [3.8, 4) is 0 Å². The van der Waals surface area contributed by atoms with Gasteiger partial charge < -0.3 is 10.6 Å². The molecular formula is C5H12N6. The third-order valence-electron chi connectivity index (χ3n) is 1.22. The first-order valence-electron chi connectivity index (χ1n) is 3.36. The van der Waals surface area contributed by atoms with Gasteiger partial charge in [0.15, 0.2) is 0 Å². The van der Waals surface area contributed by atoms with Gasteiger partial charge in [-0.05, 0) is 19.3 Å². The first-order chi connectivity index (χ1) is 5.18. The molecule has 1 aromatic rings. The van der Waals surface area contributed by atoms with Crippen molar-refractivity contribution >= 4 is 5.95 Å². The summed E-state index contributed by atoms with van der Waals surface area (Å²) >= 11 is 0. The molecule has 0 aliphatic rings. The maximum atomic E-state index is 5.27. The summed E-state index contributed by atoms with van der Waals surface area (Å²) in [6, 6.07) is 0. The summed E-state index contributed by atoms with van der Waals surface area (Å²) in [4.78, 5) is 3.52. The van der Waals surface area contributed by atoms with Crippen molar-refractivity contribution in [3.63, 3.8) is 0 Å². The van der Waals surface area contributed by atoms with E-state index >= 15 is 0 Å². The lowest BCUT2D eigenvalue weighted by molar-refractivity contribution is 0.355. The first-order valence-corrected chi connectivity index (χ1v) is 3.36. The minimum Gasteiger partial charge on any atom is -0.365 e. The molecule has 0 fully saturated rings. The first kappa shape index (κ1) is 7.93. The molecule has 0 bridgehead atoms. The highest BCUT2D eigenvalue weighted by atomic mass is 15.6. The summed E-state index contributed by atoms with van der Waals surface area (Å²) in [5.41, 5.74) is 5.27. The molecule has 0 aliphatic heterocycles. The third kappa shape index (κ3) is 2.50. The number of nitrogens with two attached hydrogens (primary N) is 1. The van der Waals surface area contributed by atoms with Gasteiger partial charge in [0.1, 0.15) is 0 Å². The van der Waals surface area contributed by atoms with Crippen LogP contribution in [0.1, 0.15) is 0 Å². The number of tetrazole rings is 1. The highest BCUT2D eigenvalue weighted by molar-refractivity contribution is 5.06. The number of likely N-dealkylation sites (N-methyl/N-ethyl adjacent to an activating group) is 1. The van der Waals surface area contributed by atoms with Crippen molar-refractivity contribution in [1.82, 2.24) is 25.1 Å². The monoisotopic (exact) mass is 156 g/mol. The fourth-order valence-electron chi connectivity index (χ4n) is 0.640. The molecular weight excluding hydrogens is 144 g/mol. The molecule has 0 aromatic carbocycles. The van der Waals surface area contributed by atoms with E-state index in [0.717, 1.165) is 13.1 Å². The molecule has 0 radical (unpaired) electrons.